The molecule has 0 spiro atoms. The summed E-state index contributed by atoms with van der Waals surface area (Å²) in [6.07, 6.45) is 0.756. The normalized spacial score (nSPS) is 16.5. The average Bonchev–Trinajstić information content (AvgIpc) is 2.48. The molecule has 2 aromatic carbocycles. The average molecular weight is 284 g/mol. The van der Waals surface area contributed by atoms with Crippen LogP contribution >= 0.6 is 0 Å². The van der Waals surface area contributed by atoms with Crippen LogP contribution < -0.4 is 9.47 Å². The third-order valence-corrected chi connectivity index (χ3v) is 3.39. The Hall–Kier alpha value is -2.49. The van der Waals surface area contributed by atoms with Crippen molar-refractivity contribution in [3.05, 3.63) is 59.7 Å². The Balaban J connectivity index is 1.70. The largest absolute Gasteiger partial charge is 0.486 e. The number of carboxylic acids is 1. The predicted molar refractivity (Wildman–Crippen MR) is 77.8 cm³/mol. The van der Waals surface area contributed by atoms with Crippen LogP contribution in [0.4, 0.5) is 0 Å². The third kappa shape index (κ3) is 3.34. The first-order chi connectivity index (χ1) is 10.2. The zero-order valence-electron chi connectivity index (χ0n) is 11.5. The molecule has 1 heterocycles. The molecule has 0 amide bonds. The van der Waals surface area contributed by atoms with Gasteiger partial charge in [-0.3, -0.25) is 4.79 Å². The molecule has 1 aliphatic heterocycles. The quantitative estimate of drug-likeness (QED) is 0.938. The van der Waals surface area contributed by atoms with Crippen molar-refractivity contribution in [3.8, 4) is 11.5 Å². The molecule has 1 atom stereocenters. The van der Waals surface area contributed by atoms with Gasteiger partial charge in [-0.1, -0.05) is 36.4 Å². The molecular formula is C17H16O4. The molecule has 1 unspecified atom stereocenters. The first kappa shape index (κ1) is 13.5. The Morgan fingerprint density at radius 1 is 1.10 bits per heavy atom. The first-order valence-corrected chi connectivity index (χ1v) is 6.89. The Bertz CT molecular complexity index is 636. The van der Waals surface area contributed by atoms with Gasteiger partial charge in [-0.15, -0.1) is 0 Å². The summed E-state index contributed by atoms with van der Waals surface area (Å²) >= 11 is 0. The van der Waals surface area contributed by atoms with Gasteiger partial charge in [-0.05, 0) is 23.3 Å². The van der Waals surface area contributed by atoms with E-state index in [0.29, 0.717) is 23.7 Å². The number of rotatable bonds is 4. The highest BCUT2D eigenvalue weighted by Crippen LogP contribution is 2.33. The smallest absolute Gasteiger partial charge is 0.307 e. The van der Waals surface area contributed by atoms with E-state index in [2.05, 4.69) is 12.1 Å². The van der Waals surface area contributed by atoms with Crippen LogP contribution in [0.1, 0.15) is 11.1 Å². The number of carbonyl (C=O) groups is 1. The van der Waals surface area contributed by atoms with Crippen molar-refractivity contribution >= 4 is 5.97 Å². The fourth-order valence-electron chi connectivity index (χ4n) is 2.42. The molecule has 4 nitrogen and oxygen atoms in total. The lowest BCUT2D eigenvalue weighted by Crippen LogP contribution is -2.31. The van der Waals surface area contributed by atoms with Crippen LogP contribution in [0.15, 0.2) is 48.5 Å². The van der Waals surface area contributed by atoms with Crippen molar-refractivity contribution in [2.24, 2.45) is 0 Å². The number of hydrogen-bond donors (Lipinski definition) is 1. The van der Waals surface area contributed by atoms with Gasteiger partial charge in [0, 0.05) is 6.42 Å². The molecule has 0 aliphatic carbocycles. The van der Waals surface area contributed by atoms with Crippen molar-refractivity contribution in [2.45, 2.75) is 18.9 Å². The molecule has 0 bridgehead atoms. The lowest BCUT2D eigenvalue weighted by Gasteiger charge is -2.27. The Morgan fingerprint density at radius 3 is 2.67 bits per heavy atom. The van der Waals surface area contributed by atoms with Gasteiger partial charge in [0.1, 0.15) is 12.7 Å². The minimum absolute atomic E-state index is 0.00984. The lowest BCUT2D eigenvalue weighted by atomic mass is 10.1. The topological polar surface area (TPSA) is 55.8 Å². The summed E-state index contributed by atoms with van der Waals surface area (Å²) < 4.78 is 11.6. The number of benzene rings is 2. The molecule has 0 saturated carbocycles. The van der Waals surface area contributed by atoms with E-state index in [1.807, 2.05) is 18.2 Å². The first-order valence-electron chi connectivity index (χ1n) is 6.89. The predicted octanol–water partition coefficient (Wildman–Crippen LogP) is 2.70. The molecule has 2 aromatic rings. The standard InChI is InChI=1S/C17H16O4/c18-17(19)10-13-6-7-15-16(9-13)20-11-14(21-15)8-12-4-2-1-3-5-12/h1-7,9,14H,8,10-11H2,(H,18,19). The summed E-state index contributed by atoms with van der Waals surface area (Å²) in [5.74, 6) is 0.447. The number of fused-ring (bicyclic) bond motifs is 1. The van der Waals surface area contributed by atoms with Gasteiger partial charge in [0.15, 0.2) is 11.5 Å². The monoisotopic (exact) mass is 284 g/mol. The minimum Gasteiger partial charge on any atom is -0.486 e. The van der Waals surface area contributed by atoms with Gasteiger partial charge >= 0.3 is 5.97 Å². The maximum absolute atomic E-state index is 10.7. The van der Waals surface area contributed by atoms with Gasteiger partial charge in [0.25, 0.3) is 0 Å². The van der Waals surface area contributed by atoms with Gasteiger partial charge < -0.3 is 14.6 Å². The molecule has 21 heavy (non-hydrogen) atoms. The summed E-state index contributed by atoms with van der Waals surface area (Å²) in [6, 6.07) is 15.4. The van der Waals surface area contributed by atoms with E-state index in [9.17, 15) is 4.79 Å². The van der Waals surface area contributed by atoms with Crippen LogP contribution in [0.3, 0.4) is 0 Å². The molecule has 1 aliphatic rings. The zero-order valence-corrected chi connectivity index (χ0v) is 11.5. The summed E-state index contributed by atoms with van der Waals surface area (Å²) in [7, 11) is 0. The Labute approximate surface area is 122 Å². The van der Waals surface area contributed by atoms with Crippen LogP contribution in [0.2, 0.25) is 0 Å². The van der Waals surface area contributed by atoms with E-state index in [-0.39, 0.29) is 12.5 Å². The SMILES string of the molecule is O=C(O)Cc1ccc2c(c1)OCC(Cc1ccccc1)O2. The highest BCUT2D eigenvalue weighted by molar-refractivity contribution is 5.70. The van der Waals surface area contributed by atoms with Gasteiger partial charge in [-0.25, -0.2) is 0 Å². The minimum atomic E-state index is -0.853. The van der Waals surface area contributed by atoms with E-state index in [0.717, 1.165) is 6.42 Å². The Morgan fingerprint density at radius 2 is 1.90 bits per heavy atom. The van der Waals surface area contributed by atoms with Crippen LogP contribution in [-0.4, -0.2) is 23.8 Å². The summed E-state index contributed by atoms with van der Waals surface area (Å²) in [4.78, 5) is 10.7. The highest BCUT2D eigenvalue weighted by atomic mass is 16.6. The molecule has 0 radical (unpaired) electrons. The second-order valence-corrected chi connectivity index (χ2v) is 5.09. The van der Waals surface area contributed by atoms with Gasteiger partial charge in [-0.2, -0.15) is 0 Å². The second-order valence-electron chi connectivity index (χ2n) is 5.09. The molecule has 0 fully saturated rings. The van der Waals surface area contributed by atoms with Gasteiger partial charge in [0.05, 0.1) is 6.42 Å². The molecular weight excluding hydrogens is 268 g/mol. The maximum Gasteiger partial charge on any atom is 0.307 e. The van der Waals surface area contributed by atoms with Crippen molar-refractivity contribution in [3.63, 3.8) is 0 Å². The fraction of sp³-hybridized carbons (Fsp3) is 0.235. The highest BCUT2D eigenvalue weighted by Gasteiger charge is 2.21. The number of ether oxygens (including phenoxy) is 2. The van der Waals surface area contributed by atoms with E-state index in [1.54, 1.807) is 18.2 Å². The molecule has 1 N–H and O–H groups in total. The van der Waals surface area contributed by atoms with Crippen molar-refractivity contribution in [1.29, 1.82) is 0 Å². The molecule has 108 valence electrons. The van der Waals surface area contributed by atoms with Crippen molar-refractivity contribution in [1.82, 2.24) is 0 Å². The number of carboxylic acid groups (broad SMARTS) is 1. The van der Waals surface area contributed by atoms with Crippen LogP contribution in [-0.2, 0) is 17.6 Å². The van der Waals surface area contributed by atoms with Crippen molar-refractivity contribution in [2.75, 3.05) is 6.61 Å². The van der Waals surface area contributed by atoms with Crippen molar-refractivity contribution < 1.29 is 19.4 Å². The Kier molecular flexibility index (Phi) is 3.77. The third-order valence-electron chi connectivity index (χ3n) is 3.39. The van der Waals surface area contributed by atoms with E-state index < -0.39 is 5.97 Å². The molecule has 0 aromatic heterocycles. The maximum atomic E-state index is 10.7. The number of aliphatic carboxylic acids is 1. The van der Waals surface area contributed by atoms with E-state index in [1.165, 1.54) is 5.56 Å². The van der Waals surface area contributed by atoms with Gasteiger partial charge in [0.2, 0.25) is 0 Å². The molecule has 0 saturated heterocycles. The summed E-state index contributed by atoms with van der Waals surface area (Å²) in [5, 5.41) is 8.81. The second kappa shape index (κ2) is 5.87. The van der Waals surface area contributed by atoms with Crippen LogP contribution in [0, 0.1) is 0 Å². The number of hydrogen-bond acceptors (Lipinski definition) is 3. The fourth-order valence-corrected chi connectivity index (χ4v) is 2.42. The summed E-state index contributed by atoms with van der Waals surface area (Å²) in [5.41, 5.74) is 1.92. The van der Waals surface area contributed by atoms with Crippen LogP contribution in [0.25, 0.3) is 0 Å². The lowest BCUT2D eigenvalue weighted by molar-refractivity contribution is -0.136. The van der Waals surface area contributed by atoms with E-state index >= 15 is 0 Å². The zero-order chi connectivity index (χ0) is 14.7. The summed E-state index contributed by atoms with van der Waals surface area (Å²) in [6.45, 7) is 0.471. The van der Waals surface area contributed by atoms with E-state index in [4.69, 9.17) is 14.6 Å². The molecule has 3 rings (SSSR count). The molecule has 4 heteroatoms. The van der Waals surface area contributed by atoms with Crippen LogP contribution in [0.5, 0.6) is 11.5 Å².